The third-order valence-electron chi connectivity index (χ3n) is 11.0. The summed E-state index contributed by atoms with van der Waals surface area (Å²) in [5.41, 5.74) is 1.50. The number of carbonyl (C=O) groups excluding carboxylic acids is 2. The second-order valence-corrected chi connectivity index (χ2v) is 19.6. The van der Waals surface area contributed by atoms with Gasteiger partial charge in [-0.25, -0.2) is 4.79 Å². The molecule has 2 aliphatic carbocycles. The van der Waals surface area contributed by atoms with E-state index in [0.29, 0.717) is 35.5 Å². The Hall–Kier alpha value is -3.14. The number of aromatic hydroxyl groups is 1. The third kappa shape index (κ3) is 10.5. The van der Waals surface area contributed by atoms with E-state index in [0.717, 1.165) is 0 Å². The van der Waals surface area contributed by atoms with Gasteiger partial charge in [0.15, 0.2) is 24.7 Å². The first kappa shape index (κ1) is 46.4. The molecule has 13 atom stereocenters. The Morgan fingerprint density at radius 3 is 2.58 bits per heavy atom. The molecule has 60 heavy (non-hydrogen) atoms. The average Bonchev–Trinajstić information content (AvgIpc) is 3.26. The number of benzene rings is 1. The number of aliphatic hydroxyl groups is 1. The molecule has 3 aliphatic heterocycles. The number of thioether (sulfide) groups is 1. The van der Waals surface area contributed by atoms with Crippen LogP contribution < -0.4 is 10.6 Å². The average molecular weight is 887 g/mol. The van der Waals surface area contributed by atoms with E-state index in [-0.39, 0.29) is 42.5 Å². The molecule has 0 aromatic heterocycles. The lowest BCUT2D eigenvalue weighted by Gasteiger charge is -2.56. The molecule has 0 radical (unpaired) electrons. The van der Waals surface area contributed by atoms with Gasteiger partial charge in [0.2, 0.25) is 0 Å². The van der Waals surface area contributed by atoms with E-state index in [1.807, 2.05) is 19.4 Å². The number of phenols is 1. The summed E-state index contributed by atoms with van der Waals surface area (Å²) >= 11 is 7.07. The van der Waals surface area contributed by atoms with Gasteiger partial charge in [-0.1, -0.05) is 66.9 Å². The molecule has 3 heterocycles. The van der Waals surface area contributed by atoms with Gasteiger partial charge in [0.05, 0.1) is 49.4 Å². The summed E-state index contributed by atoms with van der Waals surface area (Å²) in [7, 11) is 2.35. The topological polar surface area (TPSA) is 172 Å². The quantitative estimate of drug-likeness (QED) is 0.226. The number of amides is 1. The third-order valence-corrected chi connectivity index (χ3v) is 13.5. The van der Waals surface area contributed by atoms with Crippen LogP contribution >= 0.6 is 11.8 Å². The Balaban J connectivity index is 1.47. The van der Waals surface area contributed by atoms with Gasteiger partial charge >= 0.3 is 6.09 Å². The second-order valence-electron chi connectivity index (χ2n) is 15.3. The maximum Gasteiger partial charge on any atom is 0.407 e. The highest BCUT2D eigenvalue weighted by Gasteiger charge is 2.61. The minimum Gasteiger partial charge on any atom is -0.508 e. The second kappa shape index (κ2) is 20.8. The van der Waals surface area contributed by atoms with Crippen molar-refractivity contribution in [2.75, 3.05) is 45.7 Å². The van der Waals surface area contributed by atoms with Gasteiger partial charge in [-0.3, -0.25) is 4.79 Å². The predicted molar refractivity (Wildman–Crippen MR) is 229 cm³/mol. The number of ether oxygens (including phenoxy) is 8. The van der Waals surface area contributed by atoms with E-state index < -0.39 is 81.5 Å². The van der Waals surface area contributed by atoms with Crippen molar-refractivity contribution >= 4 is 44.3 Å². The zero-order valence-corrected chi connectivity index (χ0v) is 37.2. The maximum atomic E-state index is 13.8. The van der Waals surface area contributed by atoms with Crippen LogP contribution in [-0.4, -0.2) is 140 Å². The zero-order chi connectivity index (χ0) is 43.1. The number of Topliss-reactive ketones (excluding diaryl/α,β-unsaturated/α-hetero) is 1. The van der Waals surface area contributed by atoms with Crippen molar-refractivity contribution < 1.29 is 57.7 Å². The van der Waals surface area contributed by atoms with Crippen LogP contribution in [0.1, 0.15) is 45.5 Å². The molecule has 0 saturated carbocycles. The monoisotopic (exact) mass is 886 g/mol. The van der Waals surface area contributed by atoms with E-state index in [1.165, 1.54) is 24.9 Å². The number of allylic oxidation sites excluding steroid dienone is 2. The fraction of sp³-hybridized carbons (Fsp3) is 0.581. The summed E-state index contributed by atoms with van der Waals surface area (Å²) in [6.07, 6.45) is 0.0404. The van der Waals surface area contributed by atoms with Crippen LogP contribution in [0.5, 0.6) is 5.75 Å². The van der Waals surface area contributed by atoms with Crippen LogP contribution in [0, 0.1) is 23.7 Å². The molecule has 326 valence electrons. The molecule has 4 N–H and O–H groups in total. The largest absolute Gasteiger partial charge is 0.508 e. The summed E-state index contributed by atoms with van der Waals surface area (Å²) in [6, 6.07) is 5.41. The number of carbonyl (C=O) groups is 2. The number of fused-ring (bicyclic) bond motifs is 1. The van der Waals surface area contributed by atoms with Gasteiger partial charge in [-0.15, -0.1) is 9.45 Å². The van der Waals surface area contributed by atoms with Crippen molar-refractivity contribution in [1.29, 1.82) is 0 Å². The van der Waals surface area contributed by atoms with E-state index in [2.05, 4.69) is 48.2 Å². The minimum atomic E-state index is -1.31. The lowest BCUT2D eigenvalue weighted by molar-refractivity contribution is -0.367. The first-order valence-corrected chi connectivity index (χ1v) is 23.7. The van der Waals surface area contributed by atoms with Gasteiger partial charge in [0, 0.05) is 48.5 Å². The summed E-state index contributed by atoms with van der Waals surface area (Å²) in [4.78, 5) is 26.6. The molecule has 14 nitrogen and oxygen atoms in total. The number of aliphatic hydroxyl groups excluding tert-OH is 1. The number of phenolic OH excluding ortho intramolecular Hbond substituents is 1. The molecule has 5 aliphatic rings. The van der Waals surface area contributed by atoms with Crippen LogP contribution in [0.15, 0.2) is 59.2 Å². The van der Waals surface area contributed by atoms with Crippen molar-refractivity contribution in [2.24, 2.45) is 0 Å². The number of rotatable bonds is 12. The Kier molecular flexibility index (Phi) is 16.1. The highest BCUT2D eigenvalue weighted by Crippen LogP contribution is 2.49. The van der Waals surface area contributed by atoms with Crippen LogP contribution in [0.3, 0.4) is 0 Å². The highest BCUT2D eigenvalue weighted by molar-refractivity contribution is 8.28. The Bertz CT molecular complexity index is 1970. The molecule has 1 aromatic rings. The van der Waals surface area contributed by atoms with Gasteiger partial charge in [0.25, 0.3) is 0 Å². The maximum absolute atomic E-state index is 13.8. The summed E-state index contributed by atoms with van der Waals surface area (Å²) < 4.78 is 50.5. The summed E-state index contributed by atoms with van der Waals surface area (Å²) in [6.45, 7) is 6.56. The number of alkyl carbamates (subject to hydrolysis) is 1. The molecule has 6 rings (SSSR count). The predicted octanol–water partition coefficient (Wildman–Crippen LogP) is 3.12. The molecule has 3 saturated heterocycles. The molecule has 17 heteroatoms. The molecule has 1 aromatic carbocycles. The number of hydrogen-bond donors (Lipinski definition) is 4. The summed E-state index contributed by atoms with van der Waals surface area (Å²) in [5, 5.41) is 27.9. The standard InChI is InChI=1S/C43H54N2O12S3/c1-24(2)44-30-22-52-35(21-34(30)50-4)56-38-39-43(59-6,23-53-40(57-39)26-14-16-27(46)17-15-26)25(3)54-41(38)55-33-13-11-9-8-10-12-29-36(33)28(18-19-60(7)58)31(47)20-32(48)37(29)45-42(49)51-5/h8-9,14-18,24-25,30-31,33-35,37-41,44,46-47H,19-23H2,1-7H3,(H,45,49)/b9-8-,28-18-/t25?,30?,31-,33-,34?,35?,37?,38?,39?,40?,41?,43?,60?/m0/s1. The van der Waals surface area contributed by atoms with Crippen LogP contribution in [0.25, 0.3) is 0 Å². The summed E-state index contributed by atoms with van der Waals surface area (Å²) in [5.74, 6) is 12.2. The van der Waals surface area contributed by atoms with Crippen LogP contribution in [0.4, 0.5) is 4.79 Å². The number of methoxy groups -OCH3 is 2. The fourth-order valence-corrected chi connectivity index (χ4v) is 9.60. The van der Waals surface area contributed by atoms with Crippen molar-refractivity contribution in [3.05, 3.63) is 64.8 Å². The lowest BCUT2D eigenvalue weighted by atomic mass is 9.87. The van der Waals surface area contributed by atoms with E-state index in [4.69, 9.17) is 49.1 Å². The highest BCUT2D eigenvalue weighted by atomic mass is 32.8. The van der Waals surface area contributed by atoms with Crippen LogP contribution in [-0.2, 0) is 63.3 Å². The van der Waals surface area contributed by atoms with Crippen molar-refractivity contribution in [2.45, 2.75) is 112 Å². The lowest BCUT2D eigenvalue weighted by Crippen LogP contribution is -2.70. The van der Waals surface area contributed by atoms with Gasteiger partial charge in [-0.2, -0.15) is 11.8 Å². The van der Waals surface area contributed by atoms with Crippen LogP contribution in [0.2, 0.25) is 0 Å². The van der Waals surface area contributed by atoms with Crippen molar-refractivity contribution in [3.63, 3.8) is 0 Å². The zero-order valence-electron chi connectivity index (χ0n) is 34.7. The van der Waals surface area contributed by atoms with E-state index in [9.17, 15) is 19.8 Å². The Morgan fingerprint density at radius 1 is 1.15 bits per heavy atom. The van der Waals surface area contributed by atoms with Gasteiger partial charge in [0.1, 0.15) is 30.1 Å². The number of hydrogen-bond acceptors (Lipinski definition) is 15. The Labute approximate surface area is 363 Å². The number of ketones is 1. The van der Waals surface area contributed by atoms with Crippen molar-refractivity contribution in [1.82, 2.24) is 10.6 Å². The molecule has 0 bridgehead atoms. The normalized spacial score (nSPS) is 35.9. The Morgan fingerprint density at radius 2 is 1.90 bits per heavy atom. The first-order valence-electron chi connectivity index (χ1n) is 19.7. The van der Waals surface area contributed by atoms with E-state index in [1.54, 1.807) is 43.5 Å². The van der Waals surface area contributed by atoms with E-state index >= 15 is 0 Å². The fourth-order valence-electron chi connectivity index (χ4n) is 7.98. The SMILES string of the molecule is COC(=O)NC1C(=O)C[C@H](O)/C(=C/CS(C)=S)C2=C1C#C/C=C\C#C[C@@H]2OC1OC(C)C2(SC)COC(c3ccc(O)cc3)OC2C1OC1CC(OC)C(NC(C)C)CO1. The smallest absolute Gasteiger partial charge is 0.407 e. The first-order chi connectivity index (χ1) is 28.8. The minimum absolute atomic E-state index is 0.0822. The molecule has 11 unspecified atom stereocenters. The number of nitrogens with one attached hydrogen (secondary N) is 2. The molecule has 1 amide bonds. The molecular formula is C43H54N2O12S3. The van der Waals surface area contributed by atoms with Gasteiger partial charge < -0.3 is 58.7 Å². The molecule has 3 fully saturated rings. The molecular weight excluding hydrogens is 833 g/mol. The molecule has 0 spiro atoms. The van der Waals surface area contributed by atoms with Crippen molar-refractivity contribution in [3.8, 4) is 29.4 Å². The van der Waals surface area contributed by atoms with Gasteiger partial charge in [-0.05, 0) is 49.3 Å².